The summed E-state index contributed by atoms with van der Waals surface area (Å²) in [6, 6.07) is 11.6. The highest BCUT2D eigenvalue weighted by Crippen LogP contribution is 2.35. The fourth-order valence-corrected chi connectivity index (χ4v) is 6.00. The van der Waals surface area contributed by atoms with E-state index >= 15 is 0 Å². The number of para-hydroxylation sites is 2. The fourth-order valence-electron chi connectivity index (χ4n) is 4.34. The van der Waals surface area contributed by atoms with Crippen LogP contribution in [0.15, 0.2) is 46.9 Å². The first kappa shape index (κ1) is 20.6. The van der Waals surface area contributed by atoms with Crippen LogP contribution >= 0.6 is 23.1 Å². The third kappa shape index (κ3) is 4.25. The highest BCUT2D eigenvalue weighted by Gasteiger charge is 2.24. The normalized spacial score (nSPS) is 15.3. The molecule has 3 heterocycles. The molecule has 1 saturated carbocycles. The Balaban J connectivity index is 1.44. The van der Waals surface area contributed by atoms with Gasteiger partial charge in [-0.1, -0.05) is 49.2 Å². The minimum absolute atomic E-state index is 0.322. The van der Waals surface area contributed by atoms with E-state index in [2.05, 4.69) is 31.2 Å². The summed E-state index contributed by atoms with van der Waals surface area (Å²) in [5.41, 5.74) is 1.05. The second-order valence-electron chi connectivity index (χ2n) is 7.77. The molecule has 0 N–H and O–H groups in total. The van der Waals surface area contributed by atoms with Gasteiger partial charge in [-0.15, -0.1) is 21.5 Å². The minimum Gasteiger partial charge on any atom is -0.303 e. The highest BCUT2D eigenvalue weighted by molar-refractivity contribution is 7.98. The van der Waals surface area contributed by atoms with Crippen molar-refractivity contribution < 1.29 is 8.78 Å². The molecule has 0 saturated heterocycles. The second-order valence-corrected chi connectivity index (χ2v) is 9.74. The zero-order valence-electron chi connectivity index (χ0n) is 17.0. The van der Waals surface area contributed by atoms with Gasteiger partial charge in [0.2, 0.25) is 0 Å². The molecule has 1 aromatic carbocycles. The number of hydrogen-bond acceptors (Lipinski definition) is 5. The van der Waals surface area contributed by atoms with E-state index in [1.54, 1.807) is 29.5 Å². The number of rotatable bonds is 7. The highest BCUT2D eigenvalue weighted by atomic mass is 32.2. The maximum absolute atomic E-state index is 13.8. The zero-order valence-corrected chi connectivity index (χ0v) is 18.6. The van der Waals surface area contributed by atoms with Crippen molar-refractivity contribution in [1.82, 2.24) is 24.3 Å². The first-order valence-electron chi connectivity index (χ1n) is 10.5. The van der Waals surface area contributed by atoms with Crippen LogP contribution in [0.5, 0.6) is 0 Å². The van der Waals surface area contributed by atoms with Crippen LogP contribution in [0.3, 0.4) is 0 Å². The van der Waals surface area contributed by atoms with Crippen LogP contribution in [-0.4, -0.2) is 24.3 Å². The Hall–Kier alpha value is -2.26. The number of aromatic nitrogens is 5. The largest absolute Gasteiger partial charge is 0.320 e. The van der Waals surface area contributed by atoms with Gasteiger partial charge >= 0.3 is 6.55 Å². The molecule has 1 aliphatic carbocycles. The molecule has 1 aliphatic rings. The number of thiophene rings is 1. The second kappa shape index (κ2) is 9.08. The van der Waals surface area contributed by atoms with E-state index in [-0.39, 0.29) is 0 Å². The van der Waals surface area contributed by atoms with Gasteiger partial charge in [0.1, 0.15) is 11.6 Å². The lowest BCUT2D eigenvalue weighted by Gasteiger charge is -2.25. The van der Waals surface area contributed by atoms with E-state index in [9.17, 15) is 8.78 Å². The topological polar surface area (TPSA) is 48.5 Å². The number of nitrogens with zero attached hydrogens (tertiary/aromatic N) is 5. The van der Waals surface area contributed by atoms with Gasteiger partial charge in [-0.3, -0.25) is 4.57 Å². The summed E-state index contributed by atoms with van der Waals surface area (Å²) in [4.78, 5) is 5.72. The molecule has 0 unspecified atom stereocenters. The van der Waals surface area contributed by atoms with Gasteiger partial charge in [-0.25, -0.2) is 4.98 Å². The van der Waals surface area contributed by atoms with Crippen molar-refractivity contribution in [2.45, 2.75) is 62.0 Å². The van der Waals surface area contributed by atoms with Gasteiger partial charge < -0.3 is 4.57 Å². The van der Waals surface area contributed by atoms with Crippen molar-refractivity contribution in [3.63, 3.8) is 0 Å². The van der Waals surface area contributed by atoms with E-state index in [4.69, 9.17) is 0 Å². The van der Waals surface area contributed by atoms with Crippen molar-refractivity contribution in [2.24, 2.45) is 0 Å². The number of fused-ring (bicyclic) bond motifs is 1. The lowest BCUT2D eigenvalue weighted by molar-refractivity contribution is 0.0722. The van der Waals surface area contributed by atoms with Crippen LogP contribution in [0.25, 0.3) is 11.0 Å². The Kier molecular flexibility index (Phi) is 6.04. The standard InChI is InChI=1S/C22H23F2N5S2/c23-21(24)29-18-11-5-4-10-17(18)25-20(29)14-31-22-27-26-19(13-16-9-6-12-30-16)28(22)15-7-2-1-3-8-15/h4-6,9-12,15,21H,1-3,7-8,13-14H2. The molecule has 0 spiro atoms. The Bertz CT molecular complexity index is 1150. The van der Waals surface area contributed by atoms with Crippen LogP contribution in [-0.2, 0) is 12.2 Å². The first-order valence-corrected chi connectivity index (χ1v) is 12.4. The van der Waals surface area contributed by atoms with Crippen molar-refractivity contribution >= 4 is 34.1 Å². The maximum atomic E-state index is 13.8. The predicted octanol–water partition coefficient (Wildman–Crippen LogP) is 6.47. The van der Waals surface area contributed by atoms with E-state index in [1.807, 2.05) is 12.1 Å². The number of halogens is 2. The molecule has 3 aromatic heterocycles. The van der Waals surface area contributed by atoms with Gasteiger partial charge in [0.15, 0.2) is 5.16 Å². The van der Waals surface area contributed by atoms with Gasteiger partial charge in [-0.05, 0) is 36.4 Å². The summed E-state index contributed by atoms with van der Waals surface area (Å²) in [7, 11) is 0. The summed E-state index contributed by atoms with van der Waals surface area (Å²) in [6.45, 7) is -2.63. The predicted molar refractivity (Wildman–Crippen MR) is 120 cm³/mol. The van der Waals surface area contributed by atoms with Crippen LogP contribution in [0.1, 0.15) is 61.2 Å². The monoisotopic (exact) mass is 459 g/mol. The number of benzene rings is 1. The Labute approximate surface area is 187 Å². The van der Waals surface area contributed by atoms with E-state index in [0.29, 0.717) is 28.7 Å². The van der Waals surface area contributed by atoms with Crippen molar-refractivity contribution in [1.29, 1.82) is 0 Å². The van der Waals surface area contributed by atoms with Gasteiger partial charge in [0.05, 0.1) is 16.8 Å². The first-order chi connectivity index (χ1) is 15.2. The SMILES string of the molecule is FC(F)n1c(CSc2nnc(Cc3cccs3)n2C2CCCCC2)nc2ccccc21. The summed E-state index contributed by atoms with van der Waals surface area (Å²) >= 11 is 3.17. The molecular weight excluding hydrogens is 436 g/mol. The van der Waals surface area contributed by atoms with Crippen LogP contribution in [0.2, 0.25) is 0 Å². The third-order valence-electron chi connectivity index (χ3n) is 5.78. The average molecular weight is 460 g/mol. The molecule has 0 aliphatic heterocycles. The van der Waals surface area contributed by atoms with E-state index in [1.165, 1.54) is 35.9 Å². The van der Waals surface area contributed by atoms with Crippen molar-refractivity contribution in [3.8, 4) is 0 Å². The number of hydrogen-bond donors (Lipinski definition) is 0. The van der Waals surface area contributed by atoms with Crippen molar-refractivity contribution in [2.75, 3.05) is 0 Å². The van der Waals surface area contributed by atoms with Crippen LogP contribution in [0, 0.1) is 0 Å². The number of alkyl halides is 2. The van der Waals surface area contributed by atoms with E-state index in [0.717, 1.165) is 34.8 Å². The fraction of sp³-hybridized carbons (Fsp3) is 0.409. The summed E-state index contributed by atoms with van der Waals surface area (Å²) < 4.78 is 30.9. The molecule has 0 radical (unpaired) electrons. The number of thioether (sulfide) groups is 1. The van der Waals surface area contributed by atoms with Gasteiger partial charge in [0.25, 0.3) is 0 Å². The van der Waals surface area contributed by atoms with Crippen LogP contribution in [0.4, 0.5) is 8.78 Å². The molecular formula is C22H23F2N5S2. The molecule has 0 atom stereocenters. The molecule has 9 heteroatoms. The molecule has 5 nitrogen and oxygen atoms in total. The molecule has 31 heavy (non-hydrogen) atoms. The lowest BCUT2D eigenvalue weighted by atomic mass is 9.95. The zero-order chi connectivity index (χ0) is 21.2. The van der Waals surface area contributed by atoms with Crippen molar-refractivity contribution in [3.05, 3.63) is 58.3 Å². The maximum Gasteiger partial charge on any atom is 0.320 e. The molecule has 1 fully saturated rings. The smallest absolute Gasteiger partial charge is 0.303 e. The molecule has 4 aromatic rings. The van der Waals surface area contributed by atoms with Crippen LogP contribution < -0.4 is 0 Å². The molecule has 0 bridgehead atoms. The minimum atomic E-state index is -2.63. The van der Waals surface area contributed by atoms with Gasteiger partial charge in [-0.2, -0.15) is 8.78 Å². The lowest BCUT2D eigenvalue weighted by Crippen LogP contribution is -2.17. The Morgan fingerprint density at radius 1 is 1.03 bits per heavy atom. The summed E-state index contributed by atoms with van der Waals surface area (Å²) in [5.74, 6) is 1.64. The Morgan fingerprint density at radius 3 is 2.65 bits per heavy atom. The average Bonchev–Trinajstić information content (AvgIpc) is 3.51. The Morgan fingerprint density at radius 2 is 1.87 bits per heavy atom. The quantitative estimate of drug-likeness (QED) is 0.297. The molecule has 162 valence electrons. The summed E-state index contributed by atoms with van der Waals surface area (Å²) in [6.07, 6.45) is 6.63. The molecule has 0 amide bonds. The molecule has 5 rings (SSSR count). The number of imidazole rings is 1. The van der Waals surface area contributed by atoms with Gasteiger partial charge in [0, 0.05) is 17.3 Å². The third-order valence-corrected chi connectivity index (χ3v) is 7.60. The summed E-state index contributed by atoms with van der Waals surface area (Å²) in [5, 5.41) is 11.8. The van der Waals surface area contributed by atoms with E-state index < -0.39 is 6.55 Å².